The number of nitrogens with zero attached hydrogens (tertiary/aromatic N) is 1. The Labute approximate surface area is 106 Å². The van der Waals surface area contributed by atoms with Crippen molar-refractivity contribution in [1.29, 1.82) is 0 Å². The Morgan fingerprint density at radius 2 is 2.05 bits per heavy atom. The Kier molecular flexibility index (Phi) is 3.38. The van der Waals surface area contributed by atoms with Crippen LogP contribution in [0.15, 0.2) is 18.2 Å². The predicted octanol–water partition coefficient (Wildman–Crippen LogP) is 2.76. The van der Waals surface area contributed by atoms with Crippen molar-refractivity contribution in [3.63, 3.8) is 0 Å². The summed E-state index contributed by atoms with van der Waals surface area (Å²) in [5.41, 5.74) is -1.53. The third-order valence-electron chi connectivity index (χ3n) is 3.16. The molecule has 1 aromatic rings. The maximum Gasteiger partial charge on any atom is 0.419 e. The molecule has 1 aromatic carbocycles. The van der Waals surface area contributed by atoms with Crippen LogP contribution in [0.3, 0.4) is 0 Å². The van der Waals surface area contributed by atoms with Crippen molar-refractivity contribution >= 4 is 11.7 Å². The monoisotopic (exact) mass is 277 g/mol. The zero-order valence-corrected chi connectivity index (χ0v) is 9.75. The summed E-state index contributed by atoms with van der Waals surface area (Å²) in [7, 11) is 0. The van der Waals surface area contributed by atoms with E-state index in [-0.39, 0.29) is 18.8 Å². The molecule has 1 fully saturated rings. The van der Waals surface area contributed by atoms with Gasteiger partial charge in [0, 0.05) is 13.1 Å². The summed E-state index contributed by atoms with van der Waals surface area (Å²) in [6.07, 6.45) is -4.46. The molecule has 3 nitrogen and oxygen atoms in total. The van der Waals surface area contributed by atoms with Crippen LogP contribution in [0.5, 0.6) is 0 Å². The SMILES string of the molecule is O=C(O)C1CCN(c2cccc(C(F)(F)F)c2F)C1. The minimum atomic E-state index is -4.76. The summed E-state index contributed by atoms with van der Waals surface area (Å²) < 4.78 is 51.5. The first-order valence-corrected chi connectivity index (χ1v) is 5.64. The lowest BCUT2D eigenvalue weighted by Gasteiger charge is -2.20. The number of benzene rings is 1. The van der Waals surface area contributed by atoms with Crippen LogP contribution in [0, 0.1) is 11.7 Å². The first-order chi connectivity index (χ1) is 8.80. The average Bonchev–Trinajstić information content (AvgIpc) is 2.77. The fourth-order valence-corrected chi connectivity index (χ4v) is 2.16. The van der Waals surface area contributed by atoms with Gasteiger partial charge >= 0.3 is 12.1 Å². The van der Waals surface area contributed by atoms with E-state index in [0.717, 1.165) is 6.07 Å². The molecule has 0 saturated carbocycles. The number of anilines is 1. The summed E-state index contributed by atoms with van der Waals surface area (Å²) in [5, 5.41) is 8.83. The van der Waals surface area contributed by atoms with Crippen molar-refractivity contribution < 1.29 is 27.5 Å². The van der Waals surface area contributed by atoms with Gasteiger partial charge in [0.25, 0.3) is 0 Å². The van der Waals surface area contributed by atoms with Crippen LogP contribution in [0.1, 0.15) is 12.0 Å². The summed E-state index contributed by atoms with van der Waals surface area (Å²) in [5.74, 6) is -3.04. The van der Waals surface area contributed by atoms with Crippen LogP contribution in [-0.2, 0) is 11.0 Å². The molecule has 1 heterocycles. The Morgan fingerprint density at radius 3 is 2.58 bits per heavy atom. The van der Waals surface area contributed by atoms with Crippen LogP contribution >= 0.6 is 0 Å². The lowest BCUT2D eigenvalue weighted by atomic mass is 10.1. The number of rotatable bonds is 2. The van der Waals surface area contributed by atoms with Crippen LogP contribution in [-0.4, -0.2) is 24.2 Å². The quantitative estimate of drug-likeness (QED) is 0.845. The standard InChI is InChI=1S/C12H11F4NO2/c13-10-8(12(14,15)16)2-1-3-9(10)17-5-4-7(6-17)11(18)19/h1-3,7H,4-6H2,(H,18,19). The normalized spacial score (nSPS) is 19.8. The second-order valence-electron chi connectivity index (χ2n) is 4.41. The van der Waals surface area contributed by atoms with E-state index in [9.17, 15) is 22.4 Å². The molecule has 1 unspecified atom stereocenters. The molecule has 104 valence electrons. The van der Waals surface area contributed by atoms with Gasteiger partial charge in [0.15, 0.2) is 5.82 Å². The van der Waals surface area contributed by atoms with E-state index in [0.29, 0.717) is 12.5 Å². The number of aliphatic carboxylic acids is 1. The largest absolute Gasteiger partial charge is 0.481 e. The summed E-state index contributed by atoms with van der Waals surface area (Å²) in [6, 6.07) is 3.02. The molecule has 2 rings (SSSR count). The maximum atomic E-state index is 13.8. The highest BCUT2D eigenvalue weighted by Crippen LogP contribution is 2.36. The molecule has 1 saturated heterocycles. The van der Waals surface area contributed by atoms with E-state index in [1.54, 1.807) is 0 Å². The maximum absolute atomic E-state index is 13.8. The minimum absolute atomic E-state index is 0.0214. The molecule has 0 aromatic heterocycles. The lowest BCUT2D eigenvalue weighted by Crippen LogP contribution is -2.24. The van der Waals surface area contributed by atoms with Crippen LogP contribution in [0.2, 0.25) is 0 Å². The van der Waals surface area contributed by atoms with Gasteiger partial charge in [0.1, 0.15) is 0 Å². The topological polar surface area (TPSA) is 40.5 Å². The summed E-state index contributed by atoms with van der Waals surface area (Å²) in [4.78, 5) is 12.1. The molecule has 19 heavy (non-hydrogen) atoms. The molecular formula is C12H11F4NO2. The summed E-state index contributed by atoms with van der Waals surface area (Å²) in [6.45, 7) is 0.253. The molecule has 7 heteroatoms. The van der Waals surface area contributed by atoms with E-state index < -0.39 is 29.4 Å². The second-order valence-corrected chi connectivity index (χ2v) is 4.41. The van der Waals surface area contributed by atoms with Crippen molar-refractivity contribution in [2.75, 3.05) is 18.0 Å². The van der Waals surface area contributed by atoms with E-state index in [2.05, 4.69) is 0 Å². The van der Waals surface area contributed by atoms with Crippen molar-refractivity contribution in [3.05, 3.63) is 29.6 Å². The molecule has 1 N–H and O–H groups in total. The van der Waals surface area contributed by atoms with Crippen molar-refractivity contribution in [3.8, 4) is 0 Å². The number of hydrogen-bond donors (Lipinski definition) is 1. The van der Waals surface area contributed by atoms with Gasteiger partial charge in [-0.1, -0.05) is 6.07 Å². The fourth-order valence-electron chi connectivity index (χ4n) is 2.16. The third-order valence-corrected chi connectivity index (χ3v) is 3.16. The highest BCUT2D eigenvalue weighted by Gasteiger charge is 2.37. The Bertz CT molecular complexity index is 501. The highest BCUT2D eigenvalue weighted by atomic mass is 19.4. The third kappa shape index (κ3) is 2.64. The molecule has 1 atom stereocenters. The van der Waals surface area contributed by atoms with Crippen molar-refractivity contribution in [2.24, 2.45) is 5.92 Å². The molecular weight excluding hydrogens is 266 g/mol. The van der Waals surface area contributed by atoms with Crippen LogP contribution in [0.4, 0.5) is 23.2 Å². The van der Waals surface area contributed by atoms with Gasteiger partial charge in [-0.15, -0.1) is 0 Å². The van der Waals surface area contributed by atoms with Crippen LogP contribution < -0.4 is 4.90 Å². The minimum Gasteiger partial charge on any atom is -0.481 e. The van der Waals surface area contributed by atoms with Crippen molar-refractivity contribution in [2.45, 2.75) is 12.6 Å². The van der Waals surface area contributed by atoms with Gasteiger partial charge in [-0.25, -0.2) is 4.39 Å². The van der Waals surface area contributed by atoms with Gasteiger partial charge in [-0.3, -0.25) is 4.79 Å². The predicted molar refractivity (Wildman–Crippen MR) is 59.4 cm³/mol. The zero-order chi connectivity index (χ0) is 14.2. The first kappa shape index (κ1) is 13.6. The number of carbonyl (C=O) groups is 1. The molecule has 0 spiro atoms. The highest BCUT2D eigenvalue weighted by molar-refractivity contribution is 5.72. The molecule has 0 aliphatic carbocycles. The zero-order valence-electron chi connectivity index (χ0n) is 9.75. The molecule has 1 aliphatic rings. The molecule has 1 aliphatic heterocycles. The Morgan fingerprint density at radius 1 is 1.37 bits per heavy atom. The van der Waals surface area contributed by atoms with E-state index in [4.69, 9.17) is 5.11 Å². The summed E-state index contributed by atoms with van der Waals surface area (Å²) >= 11 is 0. The average molecular weight is 277 g/mol. The van der Waals surface area contributed by atoms with Gasteiger partial charge < -0.3 is 10.0 Å². The molecule has 0 amide bonds. The number of carboxylic acid groups (broad SMARTS) is 1. The first-order valence-electron chi connectivity index (χ1n) is 5.64. The van der Waals surface area contributed by atoms with E-state index in [1.807, 2.05) is 0 Å². The molecule has 0 radical (unpaired) electrons. The van der Waals surface area contributed by atoms with E-state index in [1.165, 1.54) is 11.0 Å². The fraction of sp³-hybridized carbons (Fsp3) is 0.417. The molecule has 0 bridgehead atoms. The van der Waals surface area contributed by atoms with Gasteiger partial charge in [-0.2, -0.15) is 13.2 Å². The van der Waals surface area contributed by atoms with Gasteiger partial charge in [-0.05, 0) is 18.6 Å². The van der Waals surface area contributed by atoms with Gasteiger partial charge in [0.05, 0.1) is 17.2 Å². The van der Waals surface area contributed by atoms with Crippen molar-refractivity contribution in [1.82, 2.24) is 0 Å². The Hall–Kier alpha value is -1.79. The number of hydrogen-bond acceptors (Lipinski definition) is 2. The van der Waals surface area contributed by atoms with Crippen LogP contribution in [0.25, 0.3) is 0 Å². The second kappa shape index (κ2) is 4.71. The smallest absolute Gasteiger partial charge is 0.419 e. The lowest BCUT2D eigenvalue weighted by molar-refractivity contribution is -0.141. The Balaban J connectivity index is 2.30. The number of alkyl halides is 3. The number of carboxylic acids is 1. The van der Waals surface area contributed by atoms with Gasteiger partial charge in [0.2, 0.25) is 0 Å². The van der Waals surface area contributed by atoms with E-state index >= 15 is 0 Å². The number of halogens is 4.